The first-order valence-corrected chi connectivity index (χ1v) is 13.1. The molecule has 0 spiro atoms. The molecule has 0 radical (unpaired) electrons. The van der Waals surface area contributed by atoms with E-state index in [1.165, 1.54) is 23.3 Å². The molecule has 2 aliphatic rings. The molecule has 188 valence electrons. The quantitative estimate of drug-likeness (QED) is 0.364. The van der Waals surface area contributed by atoms with Crippen molar-refractivity contribution in [3.63, 3.8) is 0 Å². The zero-order valence-electron chi connectivity index (χ0n) is 20.7. The maximum Gasteiger partial charge on any atom is 0.153 e. The Labute approximate surface area is 214 Å². The van der Waals surface area contributed by atoms with Crippen LogP contribution in [0, 0.1) is 12.7 Å². The Hall–Kier alpha value is -2.79. The Morgan fingerprint density at radius 1 is 1.06 bits per heavy atom. The number of methoxy groups -OCH3 is 1. The van der Waals surface area contributed by atoms with Gasteiger partial charge >= 0.3 is 0 Å². The fourth-order valence-corrected chi connectivity index (χ4v) is 6.32. The van der Waals surface area contributed by atoms with Gasteiger partial charge in [0.15, 0.2) is 5.03 Å². The highest BCUT2D eigenvalue weighted by molar-refractivity contribution is 7.97. The third kappa shape index (κ3) is 4.43. The maximum absolute atomic E-state index is 13.5. The molecule has 2 aromatic heterocycles. The highest BCUT2D eigenvalue weighted by atomic mass is 32.2. The molecule has 1 saturated heterocycles. The lowest BCUT2D eigenvalue weighted by molar-refractivity contribution is -0.0533. The van der Waals surface area contributed by atoms with Crippen LogP contribution in [0.4, 0.5) is 4.39 Å². The number of benzene rings is 2. The van der Waals surface area contributed by atoms with Gasteiger partial charge in [0, 0.05) is 51.3 Å². The maximum atomic E-state index is 13.5. The summed E-state index contributed by atoms with van der Waals surface area (Å²) in [5, 5.41) is 15.3. The van der Waals surface area contributed by atoms with Gasteiger partial charge in [-0.2, -0.15) is 15.0 Å². The van der Waals surface area contributed by atoms with Crippen molar-refractivity contribution >= 4 is 22.9 Å². The number of aryl methyl sites for hydroxylation is 2. The van der Waals surface area contributed by atoms with Crippen LogP contribution in [0.3, 0.4) is 0 Å². The Balaban J connectivity index is 1.32. The van der Waals surface area contributed by atoms with E-state index in [9.17, 15) is 4.39 Å². The minimum Gasteiger partial charge on any atom is -0.381 e. The second-order valence-electron chi connectivity index (χ2n) is 9.69. The molecule has 2 aromatic carbocycles. The van der Waals surface area contributed by atoms with Crippen LogP contribution in [-0.4, -0.2) is 72.9 Å². The Morgan fingerprint density at radius 3 is 2.58 bits per heavy atom. The van der Waals surface area contributed by atoms with Gasteiger partial charge in [0.25, 0.3) is 0 Å². The molecule has 1 aliphatic carbocycles. The molecule has 1 unspecified atom stereocenters. The predicted molar refractivity (Wildman–Crippen MR) is 137 cm³/mol. The van der Waals surface area contributed by atoms with Crippen molar-refractivity contribution < 1.29 is 9.13 Å². The molecule has 6 rings (SSSR count). The van der Waals surface area contributed by atoms with Gasteiger partial charge in [-0.15, -0.1) is 5.10 Å². The second-order valence-corrected chi connectivity index (χ2v) is 10.8. The molecule has 1 atom stereocenters. The largest absolute Gasteiger partial charge is 0.381 e. The molecule has 0 bridgehead atoms. The first kappa shape index (κ1) is 23.6. The molecule has 0 amide bonds. The Kier molecular flexibility index (Phi) is 6.28. The van der Waals surface area contributed by atoms with Crippen LogP contribution in [0.2, 0.25) is 0 Å². The van der Waals surface area contributed by atoms with Gasteiger partial charge in [0.2, 0.25) is 0 Å². The first-order valence-electron chi connectivity index (χ1n) is 12.3. The van der Waals surface area contributed by atoms with Gasteiger partial charge in [-0.25, -0.2) is 13.4 Å². The Morgan fingerprint density at radius 2 is 1.86 bits per heavy atom. The summed E-state index contributed by atoms with van der Waals surface area (Å²) >= 11 is 1.68. The zero-order valence-corrected chi connectivity index (χ0v) is 21.5. The molecule has 8 nitrogen and oxygen atoms in total. The van der Waals surface area contributed by atoms with E-state index in [4.69, 9.17) is 4.74 Å². The number of fused-ring (bicyclic) bond motifs is 1. The van der Waals surface area contributed by atoms with E-state index in [1.54, 1.807) is 28.9 Å². The third-order valence-electron chi connectivity index (χ3n) is 7.44. The molecule has 2 fully saturated rings. The summed E-state index contributed by atoms with van der Waals surface area (Å²) in [6, 6.07) is 11.8. The minimum atomic E-state index is -0.248. The van der Waals surface area contributed by atoms with Crippen LogP contribution < -0.4 is 0 Å². The van der Waals surface area contributed by atoms with Crippen LogP contribution >= 0.6 is 11.9 Å². The summed E-state index contributed by atoms with van der Waals surface area (Å²) in [5.74, 6) is -0.248. The summed E-state index contributed by atoms with van der Waals surface area (Å²) in [4.78, 5) is 4.27. The van der Waals surface area contributed by atoms with E-state index in [0.29, 0.717) is 12.1 Å². The number of hydrogen-bond acceptors (Lipinski definition) is 7. The van der Waals surface area contributed by atoms with Gasteiger partial charge < -0.3 is 4.74 Å². The molecule has 3 heterocycles. The smallest absolute Gasteiger partial charge is 0.153 e. The Bertz CT molecular complexity index is 1360. The van der Waals surface area contributed by atoms with Gasteiger partial charge in [-0.1, -0.05) is 0 Å². The van der Waals surface area contributed by atoms with Gasteiger partial charge in [0.1, 0.15) is 5.82 Å². The van der Waals surface area contributed by atoms with Crippen LogP contribution in [0.1, 0.15) is 30.0 Å². The number of nitrogens with zero attached hydrogens (tertiary/aromatic N) is 7. The number of rotatable bonds is 6. The fraction of sp³-hybridized carbons (Fsp3) is 0.423. The number of hydrogen-bond donors (Lipinski definition) is 0. The number of aromatic nitrogens is 5. The lowest BCUT2D eigenvalue weighted by atomic mass is 9.84. The number of piperazine rings is 1. The molecule has 4 aromatic rings. The standard InChI is InChI=1S/C26H30FN7OS/c1-17-10-24-18(14-29-34(24)20-6-4-19(27)5-7-20)11-23(17)25-16-32(36-26-15-28-31(2)30-26)8-9-33(25)21-12-22(13-21)35-3/h4-7,10-11,14-15,21-22,25H,8-9,12-13,16H2,1-3H3. The van der Waals surface area contributed by atoms with Crippen molar-refractivity contribution in [2.75, 3.05) is 26.7 Å². The van der Waals surface area contributed by atoms with Crippen LogP contribution in [-0.2, 0) is 11.8 Å². The van der Waals surface area contributed by atoms with E-state index < -0.39 is 0 Å². The van der Waals surface area contributed by atoms with E-state index >= 15 is 0 Å². The molecule has 10 heteroatoms. The van der Waals surface area contributed by atoms with Crippen molar-refractivity contribution in [1.82, 2.24) is 34.0 Å². The van der Waals surface area contributed by atoms with Crippen molar-refractivity contribution in [2.45, 2.75) is 43.0 Å². The lowest BCUT2D eigenvalue weighted by Gasteiger charge is -2.50. The SMILES string of the molecule is COC1CC(N2CCN(Sc3cnn(C)n3)CC2c2cc3cnn(-c4ccc(F)cc4)c3cc2C)C1. The van der Waals surface area contributed by atoms with Crippen LogP contribution in [0.15, 0.2) is 53.8 Å². The second kappa shape index (κ2) is 9.59. The van der Waals surface area contributed by atoms with E-state index in [1.807, 2.05) is 31.2 Å². The number of ether oxygens (including phenoxy) is 1. The van der Waals surface area contributed by atoms with Crippen LogP contribution in [0.25, 0.3) is 16.6 Å². The molecule has 1 saturated carbocycles. The topological polar surface area (TPSA) is 64.2 Å². The average molecular weight is 508 g/mol. The van der Waals surface area contributed by atoms with Crippen molar-refractivity contribution in [1.29, 1.82) is 0 Å². The molecular weight excluding hydrogens is 477 g/mol. The molecular formula is C26H30FN7OS. The van der Waals surface area contributed by atoms with Crippen molar-refractivity contribution in [3.8, 4) is 5.69 Å². The first-order chi connectivity index (χ1) is 17.5. The average Bonchev–Trinajstić information content (AvgIpc) is 3.44. The summed E-state index contributed by atoms with van der Waals surface area (Å²) in [5.41, 5.74) is 4.44. The summed E-state index contributed by atoms with van der Waals surface area (Å²) in [6.07, 6.45) is 6.25. The summed E-state index contributed by atoms with van der Waals surface area (Å²) in [7, 11) is 3.66. The van der Waals surface area contributed by atoms with E-state index in [0.717, 1.165) is 54.1 Å². The zero-order chi connectivity index (χ0) is 24.8. The normalized spacial score (nSPS) is 23.3. The van der Waals surface area contributed by atoms with Gasteiger partial charge in [0.05, 0.1) is 29.7 Å². The van der Waals surface area contributed by atoms with E-state index in [2.05, 4.69) is 43.6 Å². The van der Waals surface area contributed by atoms with Crippen LogP contribution in [0.5, 0.6) is 0 Å². The highest BCUT2D eigenvalue weighted by Gasteiger charge is 2.40. The highest BCUT2D eigenvalue weighted by Crippen LogP contribution is 2.40. The minimum absolute atomic E-state index is 0.248. The van der Waals surface area contributed by atoms with E-state index in [-0.39, 0.29) is 11.9 Å². The third-order valence-corrected chi connectivity index (χ3v) is 8.41. The van der Waals surface area contributed by atoms with Gasteiger partial charge in [-0.05, 0) is 79.2 Å². The van der Waals surface area contributed by atoms with Crippen molar-refractivity contribution in [2.24, 2.45) is 7.05 Å². The monoisotopic (exact) mass is 507 g/mol. The molecule has 36 heavy (non-hydrogen) atoms. The predicted octanol–water partition coefficient (Wildman–Crippen LogP) is 4.14. The fourth-order valence-electron chi connectivity index (χ4n) is 5.41. The molecule has 1 aliphatic heterocycles. The van der Waals surface area contributed by atoms with Crippen molar-refractivity contribution in [3.05, 3.63) is 65.7 Å². The van der Waals surface area contributed by atoms with Gasteiger partial charge in [-0.3, -0.25) is 4.90 Å². The summed E-state index contributed by atoms with van der Waals surface area (Å²) in [6.45, 7) is 5.04. The summed E-state index contributed by atoms with van der Waals surface area (Å²) < 4.78 is 23.3. The lowest BCUT2D eigenvalue weighted by Crippen LogP contribution is -2.55. The number of halogens is 1. The molecule has 0 N–H and O–H groups in total.